The van der Waals surface area contributed by atoms with E-state index in [1.807, 2.05) is 30.3 Å². The van der Waals surface area contributed by atoms with E-state index in [1.54, 1.807) is 7.11 Å². The van der Waals surface area contributed by atoms with Crippen LogP contribution in [0, 0.1) is 0 Å². The minimum Gasteiger partial charge on any atom is -0.497 e. The highest BCUT2D eigenvalue weighted by atomic mass is 79.9. The first-order chi connectivity index (χ1) is 10.0. The molecule has 0 aromatic heterocycles. The maximum absolute atomic E-state index is 5.94. The Morgan fingerprint density at radius 3 is 2.19 bits per heavy atom. The third-order valence-corrected chi connectivity index (χ3v) is 5.44. The van der Waals surface area contributed by atoms with E-state index in [1.165, 1.54) is 5.56 Å². The first-order valence-electron chi connectivity index (χ1n) is 6.04. The quantitative estimate of drug-likeness (QED) is 0.403. The molecule has 2 aromatic rings. The molecule has 112 valence electrons. The summed E-state index contributed by atoms with van der Waals surface area (Å²) in [6.07, 6.45) is 0. The summed E-state index contributed by atoms with van der Waals surface area (Å²) in [4.78, 5) is 0. The minimum absolute atomic E-state index is 0.447. The summed E-state index contributed by atoms with van der Waals surface area (Å²) >= 11 is 14.1. The molecule has 0 spiro atoms. The Morgan fingerprint density at radius 2 is 1.62 bits per heavy atom. The fourth-order valence-corrected chi connectivity index (χ4v) is 3.96. The van der Waals surface area contributed by atoms with Gasteiger partial charge in [0.25, 0.3) is 0 Å². The smallest absolute Gasteiger partial charge is 0.148 e. The van der Waals surface area contributed by atoms with E-state index in [4.69, 9.17) is 9.47 Å². The molecule has 0 fully saturated rings. The van der Waals surface area contributed by atoms with E-state index in [-0.39, 0.29) is 0 Å². The molecule has 21 heavy (non-hydrogen) atoms. The molecule has 0 aliphatic heterocycles. The molecule has 6 heteroatoms. The van der Waals surface area contributed by atoms with Crippen molar-refractivity contribution in [2.45, 2.75) is 11.9 Å². The van der Waals surface area contributed by atoms with E-state index < -0.39 is 0 Å². The second kappa shape index (κ2) is 7.99. The summed E-state index contributed by atoms with van der Waals surface area (Å²) in [6, 6.07) is 9.89. The Kier molecular flexibility index (Phi) is 6.59. The third kappa shape index (κ3) is 4.47. The summed E-state index contributed by atoms with van der Waals surface area (Å²) in [5, 5.41) is 0.798. The number of hydrogen-bond donors (Lipinski definition) is 0. The van der Waals surface area contributed by atoms with E-state index >= 15 is 0 Å². The van der Waals surface area contributed by atoms with Gasteiger partial charge in [-0.3, -0.25) is 0 Å². The highest BCUT2D eigenvalue weighted by molar-refractivity contribution is 9.11. The van der Waals surface area contributed by atoms with Crippen LogP contribution in [0.4, 0.5) is 0 Å². The van der Waals surface area contributed by atoms with Crippen LogP contribution in [0.1, 0.15) is 11.1 Å². The van der Waals surface area contributed by atoms with Gasteiger partial charge in [-0.1, -0.05) is 31.9 Å². The van der Waals surface area contributed by atoms with Crippen molar-refractivity contribution >= 4 is 63.7 Å². The Hall–Kier alpha value is -0.0400. The van der Waals surface area contributed by atoms with Crippen molar-refractivity contribution in [1.82, 2.24) is 0 Å². The lowest BCUT2D eigenvalue weighted by molar-refractivity contribution is 0.300. The second-order valence-corrected chi connectivity index (χ2v) is 7.39. The van der Waals surface area contributed by atoms with E-state index in [2.05, 4.69) is 63.7 Å². The zero-order valence-corrected chi connectivity index (χ0v) is 17.5. The molecule has 2 rings (SSSR count). The molecule has 0 radical (unpaired) electrons. The number of alkyl halides is 1. The van der Waals surface area contributed by atoms with Crippen LogP contribution in [-0.4, -0.2) is 7.11 Å². The fraction of sp³-hybridized carbons (Fsp3) is 0.200. The number of halogens is 4. The van der Waals surface area contributed by atoms with Gasteiger partial charge in [-0.05, 0) is 67.8 Å². The molecule has 0 amide bonds. The summed E-state index contributed by atoms with van der Waals surface area (Å²) in [5.74, 6) is 1.60. The first kappa shape index (κ1) is 17.3. The molecule has 0 N–H and O–H groups in total. The Balaban J connectivity index is 2.20. The van der Waals surface area contributed by atoms with Crippen molar-refractivity contribution in [2.24, 2.45) is 0 Å². The average Bonchev–Trinajstić information content (AvgIpc) is 2.47. The van der Waals surface area contributed by atoms with Crippen LogP contribution in [0.25, 0.3) is 0 Å². The molecule has 0 unspecified atom stereocenters. The van der Waals surface area contributed by atoms with Gasteiger partial charge in [-0.15, -0.1) is 0 Å². The Bertz CT molecular complexity index is 621. The van der Waals surface area contributed by atoms with Crippen molar-refractivity contribution in [3.05, 3.63) is 54.9 Å². The normalized spacial score (nSPS) is 10.5. The standard InChI is InChI=1S/C15H12Br4O2/c1-20-11-2-3-12(17)10(6-11)8-21-15-13(18)4-9(7-16)5-14(15)19/h2-6H,7-8H2,1H3. The maximum Gasteiger partial charge on any atom is 0.148 e. The van der Waals surface area contributed by atoms with Gasteiger partial charge in [0.1, 0.15) is 18.1 Å². The van der Waals surface area contributed by atoms with Gasteiger partial charge < -0.3 is 9.47 Å². The first-order valence-corrected chi connectivity index (χ1v) is 9.54. The summed E-state index contributed by atoms with van der Waals surface area (Å²) in [7, 11) is 1.65. The van der Waals surface area contributed by atoms with Crippen molar-refractivity contribution < 1.29 is 9.47 Å². The molecule has 0 atom stereocenters. The van der Waals surface area contributed by atoms with E-state index in [0.29, 0.717) is 6.61 Å². The van der Waals surface area contributed by atoms with Gasteiger partial charge in [-0.2, -0.15) is 0 Å². The van der Waals surface area contributed by atoms with Crippen LogP contribution < -0.4 is 9.47 Å². The lowest BCUT2D eigenvalue weighted by atomic mass is 10.2. The molecule has 0 bridgehead atoms. The summed E-state index contributed by atoms with van der Waals surface area (Å²) in [6.45, 7) is 0.447. The zero-order chi connectivity index (χ0) is 15.4. The van der Waals surface area contributed by atoms with Gasteiger partial charge in [0.15, 0.2) is 0 Å². The number of benzene rings is 2. The number of rotatable bonds is 5. The van der Waals surface area contributed by atoms with Crippen LogP contribution in [0.5, 0.6) is 11.5 Å². The van der Waals surface area contributed by atoms with Gasteiger partial charge in [0, 0.05) is 15.4 Å². The highest BCUT2D eigenvalue weighted by Crippen LogP contribution is 2.36. The summed E-state index contributed by atoms with van der Waals surface area (Å²) in [5.41, 5.74) is 2.20. The van der Waals surface area contributed by atoms with E-state index in [9.17, 15) is 0 Å². The number of hydrogen-bond acceptors (Lipinski definition) is 2. The van der Waals surface area contributed by atoms with Gasteiger partial charge >= 0.3 is 0 Å². The van der Waals surface area contributed by atoms with Crippen LogP contribution in [0.3, 0.4) is 0 Å². The number of methoxy groups -OCH3 is 1. The predicted molar refractivity (Wildman–Crippen MR) is 99.5 cm³/mol. The van der Waals surface area contributed by atoms with Crippen LogP contribution in [-0.2, 0) is 11.9 Å². The Morgan fingerprint density at radius 1 is 0.952 bits per heavy atom. The molecule has 0 aliphatic carbocycles. The average molecular weight is 544 g/mol. The third-order valence-electron chi connectivity index (χ3n) is 2.84. The topological polar surface area (TPSA) is 18.5 Å². The van der Waals surface area contributed by atoms with Crippen molar-refractivity contribution in [3.63, 3.8) is 0 Å². The maximum atomic E-state index is 5.94. The van der Waals surface area contributed by atoms with E-state index in [0.717, 1.165) is 35.8 Å². The largest absolute Gasteiger partial charge is 0.497 e. The monoisotopic (exact) mass is 540 g/mol. The van der Waals surface area contributed by atoms with Crippen molar-refractivity contribution in [2.75, 3.05) is 7.11 Å². The predicted octanol–water partition coefficient (Wildman–Crippen LogP) is 6.46. The van der Waals surface area contributed by atoms with Crippen LogP contribution in [0.2, 0.25) is 0 Å². The number of ether oxygens (including phenoxy) is 2. The molecule has 2 aromatic carbocycles. The minimum atomic E-state index is 0.447. The molecular weight excluding hydrogens is 532 g/mol. The van der Waals surface area contributed by atoms with Crippen LogP contribution >= 0.6 is 63.7 Å². The zero-order valence-electron chi connectivity index (χ0n) is 11.1. The molecular formula is C15H12Br4O2. The lowest BCUT2D eigenvalue weighted by Gasteiger charge is -2.13. The Labute approximate surface area is 157 Å². The molecule has 0 aliphatic rings. The van der Waals surface area contributed by atoms with Gasteiger partial charge in [0.2, 0.25) is 0 Å². The molecule has 2 nitrogen and oxygen atoms in total. The van der Waals surface area contributed by atoms with Gasteiger partial charge in [0.05, 0.1) is 16.1 Å². The SMILES string of the molecule is COc1ccc(Br)c(COc2c(Br)cc(CBr)cc2Br)c1. The summed E-state index contributed by atoms with van der Waals surface area (Å²) < 4.78 is 14.0. The molecule has 0 heterocycles. The van der Waals surface area contributed by atoms with Crippen molar-refractivity contribution in [1.29, 1.82) is 0 Å². The molecule has 0 saturated carbocycles. The van der Waals surface area contributed by atoms with Crippen LogP contribution in [0.15, 0.2) is 43.7 Å². The lowest BCUT2D eigenvalue weighted by Crippen LogP contribution is -1.99. The van der Waals surface area contributed by atoms with Crippen molar-refractivity contribution in [3.8, 4) is 11.5 Å². The highest BCUT2D eigenvalue weighted by Gasteiger charge is 2.10. The molecule has 0 saturated heterocycles. The second-order valence-electron chi connectivity index (χ2n) is 4.27. The van der Waals surface area contributed by atoms with Gasteiger partial charge in [-0.25, -0.2) is 0 Å². The fourth-order valence-electron chi connectivity index (χ4n) is 1.77.